The SMILES string of the molecule is COc1cccc(-c2csc(N=NCc3cccc4c3OCO4)n2)c1. The first kappa shape index (κ1) is 15.6. The number of methoxy groups -OCH3 is 1. The zero-order valence-corrected chi connectivity index (χ0v) is 14.3. The Balaban J connectivity index is 1.48. The summed E-state index contributed by atoms with van der Waals surface area (Å²) in [6.07, 6.45) is 0. The molecule has 1 aliphatic heterocycles. The molecule has 2 aromatic carbocycles. The van der Waals surface area contributed by atoms with Crippen LogP contribution < -0.4 is 14.2 Å². The van der Waals surface area contributed by atoms with Gasteiger partial charge in [0, 0.05) is 16.5 Å². The van der Waals surface area contributed by atoms with E-state index in [9.17, 15) is 0 Å². The second-order valence-electron chi connectivity index (χ2n) is 5.30. The molecule has 0 amide bonds. The molecule has 3 aromatic rings. The summed E-state index contributed by atoms with van der Waals surface area (Å²) in [6, 6.07) is 13.5. The van der Waals surface area contributed by atoms with Gasteiger partial charge in [-0.3, -0.25) is 0 Å². The normalized spacial score (nSPS) is 12.7. The van der Waals surface area contributed by atoms with Crippen LogP contribution in [0.15, 0.2) is 58.1 Å². The van der Waals surface area contributed by atoms with Crippen LogP contribution in [0.3, 0.4) is 0 Å². The molecule has 0 spiro atoms. The Bertz CT molecular complexity index is 923. The third kappa shape index (κ3) is 3.32. The van der Waals surface area contributed by atoms with Crippen molar-refractivity contribution in [1.29, 1.82) is 0 Å². The lowest BCUT2D eigenvalue weighted by Gasteiger charge is -2.01. The number of thiazole rings is 1. The second kappa shape index (κ2) is 6.90. The first-order chi connectivity index (χ1) is 12.3. The van der Waals surface area contributed by atoms with E-state index in [1.165, 1.54) is 11.3 Å². The predicted octanol–water partition coefficient (Wildman–Crippen LogP) is 4.83. The van der Waals surface area contributed by atoms with Gasteiger partial charge in [-0.2, -0.15) is 5.11 Å². The lowest BCUT2D eigenvalue weighted by Crippen LogP contribution is -1.94. The van der Waals surface area contributed by atoms with Crippen molar-refractivity contribution in [2.24, 2.45) is 10.2 Å². The Morgan fingerprint density at radius 1 is 1.20 bits per heavy atom. The number of hydrogen-bond donors (Lipinski definition) is 0. The topological polar surface area (TPSA) is 65.3 Å². The van der Waals surface area contributed by atoms with Crippen LogP contribution in [-0.2, 0) is 6.54 Å². The van der Waals surface area contributed by atoms with E-state index in [-0.39, 0.29) is 6.79 Å². The molecule has 2 heterocycles. The first-order valence-corrected chi connectivity index (χ1v) is 8.56. The maximum Gasteiger partial charge on any atom is 0.231 e. The fraction of sp³-hybridized carbons (Fsp3) is 0.167. The Morgan fingerprint density at radius 3 is 3.04 bits per heavy atom. The van der Waals surface area contributed by atoms with Gasteiger partial charge >= 0.3 is 0 Å². The molecule has 0 aliphatic carbocycles. The van der Waals surface area contributed by atoms with Crippen molar-refractivity contribution in [3.05, 3.63) is 53.4 Å². The van der Waals surface area contributed by atoms with Gasteiger partial charge in [0.2, 0.25) is 11.9 Å². The number of rotatable bonds is 5. The van der Waals surface area contributed by atoms with Crippen LogP contribution in [0.5, 0.6) is 17.2 Å². The minimum absolute atomic E-state index is 0.250. The van der Waals surface area contributed by atoms with E-state index in [4.69, 9.17) is 14.2 Å². The zero-order chi connectivity index (χ0) is 17.1. The van der Waals surface area contributed by atoms with Crippen molar-refractivity contribution in [3.63, 3.8) is 0 Å². The number of para-hydroxylation sites is 1. The molecule has 4 rings (SSSR count). The van der Waals surface area contributed by atoms with Gasteiger partial charge in [-0.25, -0.2) is 4.98 Å². The van der Waals surface area contributed by atoms with E-state index in [1.807, 2.05) is 47.8 Å². The van der Waals surface area contributed by atoms with Crippen LogP contribution in [0, 0.1) is 0 Å². The number of aromatic nitrogens is 1. The predicted molar refractivity (Wildman–Crippen MR) is 94.9 cm³/mol. The molecule has 0 fully saturated rings. The summed E-state index contributed by atoms with van der Waals surface area (Å²) in [5, 5.41) is 11.0. The van der Waals surface area contributed by atoms with Crippen LogP contribution in [0.4, 0.5) is 5.13 Å². The number of fused-ring (bicyclic) bond motifs is 1. The Labute approximate surface area is 148 Å². The number of benzene rings is 2. The highest BCUT2D eigenvalue weighted by molar-refractivity contribution is 7.13. The highest BCUT2D eigenvalue weighted by atomic mass is 32.1. The Hall–Kier alpha value is -2.93. The van der Waals surface area contributed by atoms with Gasteiger partial charge in [0.05, 0.1) is 19.3 Å². The van der Waals surface area contributed by atoms with Crippen LogP contribution in [0.2, 0.25) is 0 Å². The average molecular weight is 353 g/mol. The average Bonchev–Trinajstić information content (AvgIpc) is 3.31. The third-order valence-corrected chi connectivity index (χ3v) is 4.46. The summed E-state index contributed by atoms with van der Waals surface area (Å²) in [5.74, 6) is 2.30. The maximum absolute atomic E-state index is 5.47. The third-order valence-electron chi connectivity index (χ3n) is 3.73. The van der Waals surface area contributed by atoms with Crippen LogP contribution >= 0.6 is 11.3 Å². The lowest BCUT2D eigenvalue weighted by molar-refractivity contribution is 0.173. The lowest BCUT2D eigenvalue weighted by atomic mass is 10.2. The second-order valence-corrected chi connectivity index (χ2v) is 6.13. The van der Waals surface area contributed by atoms with Crippen LogP contribution in [0.25, 0.3) is 11.3 Å². The fourth-order valence-electron chi connectivity index (χ4n) is 2.51. The minimum Gasteiger partial charge on any atom is -0.497 e. The van der Waals surface area contributed by atoms with Gasteiger partial charge in [0.25, 0.3) is 0 Å². The molecule has 0 N–H and O–H groups in total. The standard InChI is InChI=1S/C18H15N3O3S/c1-22-14-6-2-4-12(8-14)15-10-25-18(20-15)21-19-9-13-5-3-7-16-17(13)24-11-23-16/h2-8,10H,9,11H2,1H3. The molecule has 126 valence electrons. The van der Waals surface area contributed by atoms with Crippen LogP contribution in [-0.4, -0.2) is 18.9 Å². The molecule has 0 radical (unpaired) electrons. The summed E-state index contributed by atoms with van der Waals surface area (Å²) in [5.41, 5.74) is 2.79. The fourth-order valence-corrected chi connectivity index (χ4v) is 3.17. The molecule has 0 bridgehead atoms. The van der Waals surface area contributed by atoms with Gasteiger partial charge in [-0.05, 0) is 18.2 Å². The van der Waals surface area contributed by atoms with E-state index < -0.39 is 0 Å². The number of azo groups is 1. The summed E-state index contributed by atoms with van der Waals surface area (Å²) in [7, 11) is 1.65. The van der Waals surface area contributed by atoms with E-state index in [1.54, 1.807) is 7.11 Å². The quantitative estimate of drug-likeness (QED) is 0.616. The molecular weight excluding hydrogens is 338 g/mol. The van der Waals surface area contributed by atoms with Crippen molar-refractivity contribution in [1.82, 2.24) is 4.98 Å². The van der Waals surface area contributed by atoms with Crippen molar-refractivity contribution in [2.75, 3.05) is 13.9 Å². The highest BCUT2D eigenvalue weighted by Gasteiger charge is 2.16. The smallest absolute Gasteiger partial charge is 0.231 e. The van der Waals surface area contributed by atoms with Gasteiger partial charge in [-0.15, -0.1) is 16.5 Å². The summed E-state index contributed by atoms with van der Waals surface area (Å²) in [4.78, 5) is 4.51. The summed E-state index contributed by atoms with van der Waals surface area (Å²) >= 11 is 1.45. The molecule has 25 heavy (non-hydrogen) atoms. The van der Waals surface area contributed by atoms with Gasteiger partial charge < -0.3 is 14.2 Å². The summed E-state index contributed by atoms with van der Waals surface area (Å²) in [6.45, 7) is 0.667. The molecule has 0 saturated carbocycles. The van der Waals surface area contributed by atoms with E-state index in [2.05, 4.69) is 15.2 Å². The molecule has 6 nitrogen and oxygen atoms in total. The van der Waals surface area contributed by atoms with Crippen molar-refractivity contribution in [2.45, 2.75) is 6.54 Å². The molecule has 7 heteroatoms. The minimum atomic E-state index is 0.250. The zero-order valence-electron chi connectivity index (χ0n) is 13.5. The van der Waals surface area contributed by atoms with Crippen molar-refractivity contribution in [3.8, 4) is 28.5 Å². The number of hydrogen-bond acceptors (Lipinski definition) is 7. The van der Waals surface area contributed by atoms with E-state index in [0.717, 1.165) is 34.1 Å². The van der Waals surface area contributed by atoms with Crippen LogP contribution in [0.1, 0.15) is 5.56 Å². The molecule has 0 saturated heterocycles. The van der Waals surface area contributed by atoms with E-state index in [0.29, 0.717) is 11.7 Å². The summed E-state index contributed by atoms with van der Waals surface area (Å²) < 4.78 is 16.1. The van der Waals surface area contributed by atoms with Gasteiger partial charge in [0.15, 0.2) is 11.5 Å². The number of ether oxygens (including phenoxy) is 3. The van der Waals surface area contributed by atoms with Gasteiger partial charge in [-0.1, -0.05) is 24.3 Å². The Kier molecular flexibility index (Phi) is 4.30. The largest absolute Gasteiger partial charge is 0.497 e. The molecule has 1 aromatic heterocycles. The Morgan fingerprint density at radius 2 is 2.12 bits per heavy atom. The molecule has 0 unspecified atom stereocenters. The van der Waals surface area contributed by atoms with Crippen molar-refractivity contribution < 1.29 is 14.2 Å². The molecule has 0 atom stereocenters. The monoisotopic (exact) mass is 353 g/mol. The van der Waals surface area contributed by atoms with Gasteiger partial charge in [0.1, 0.15) is 5.75 Å². The molecule has 1 aliphatic rings. The van der Waals surface area contributed by atoms with E-state index >= 15 is 0 Å². The van der Waals surface area contributed by atoms with Crippen molar-refractivity contribution >= 4 is 16.5 Å². The molecular formula is C18H15N3O3S. The number of nitrogens with zero attached hydrogens (tertiary/aromatic N) is 3. The highest BCUT2D eigenvalue weighted by Crippen LogP contribution is 2.36. The first-order valence-electron chi connectivity index (χ1n) is 7.68. The maximum atomic E-state index is 5.47.